The van der Waals surface area contributed by atoms with Crippen molar-refractivity contribution < 1.29 is 19.2 Å². The molecule has 0 spiro atoms. The van der Waals surface area contributed by atoms with Crippen LogP contribution in [0.1, 0.15) is 30.0 Å². The van der Waals surface area contributed by atoms with Gasteiger partial charge in [0.15, 0.2) is 18.0 Å². The fourth-order valence-electron chi connectivity index (χ4n) is 3.76. The second-order valence-electron chi connectivity index (χ2n) is 6.78. The lowest BCUT2D eigenvalue weighted by Gasteiger charge is -2.30. The Morgan fingerprint density at radius 3 is 2.69 bits per heavy atom. The third-order valence-corrected chi connectivity index (χ3v) is 5.07. The molecule has 1 amide bonds. The van der Waals surface area contributed by atoms with Crippen molar-refractivity contribution in [1.82, 2.24) is 0 Å². The minimum absolute atomic E-state index is 0.00206. The van der Waals surface area contributed by atoms with Crippen molar-refractivity contribution in [2.45, 2.75) is 25.3 Å². The predicted octanol–water partition coefficient (Wildman–Crippen LogP) is 2.23. The normalized spacial score (nSPS) is 17.1. The largest absolute Gasteiger partial charge is 0.493 e. The van der Waals surface area contributed by atoms with Crippen LogP contribution in [-0.2, 0) is 11.2 Å². The van der Waals surface area contributed by atoms with Gasteiger partial charge < -0.3 is 19.7 Å². The van der Waals surface area contributed by atoms with Crippen LogP contribution in [0.5, 0.6) is 11.5 Å². The first-order chi connectivity index (χ1) is 12.6. The van der Waals surface area contributed by atoms with E-state index < -0.39 is 0 Å². The summed E-state index contributed by atoms with van der Waals surface area (Å²) < 4.78 is 10.5. The van der Waals surface area contributed by atoms with Crippen molar-refractivity contribution in [3.8, 4) is 11.5 Å². The fourth-order valence-corrected chi connectivity index (χ4v) is 3.76. The molecule has 2 N–H and O–H groups in total. The first-order valence-corrected chi connectivity index (χ1v) is 9.04. The van der Waals surface area contributed by atoms with Gasteiger partial charge in [-0.25, -0.2) is 0 Å². The Balaban J connectivity index is 1.65. The smallest absolute Gasteiger partial charge is 0.279 e. The summed E-state index contributed by atoms with van der Waals surface area (Å²) in [5, 5.41) is 2.97. The van der Waals surface area contributed by atoms with E-state index in [1.165, 1.54) is 22.4 Å². The molecule has 0 radical (unpaired) electrons. The highest BCUT2D eigenvalue weighted by atomic mass is 16.5. The third-order valence-electron chi connectivity index (χ3n) is 5.07. The lowest BCUT2D eigenvalue weighted by Crippen LogP contribution is -3.10. The minimum Gasteiger partial charge on any atom is -0.493 e. The van der Waals surface area contributed by atoms with Crippen LogP contribution >= 0.6 is 0 Å². The third kappa shape index (κ3) is 3.99. The van der Waals surface area contributed by atoms with E-state index in [4.69, 9.17) is 9.47 Å². The maximum Gasteiger partial charge on any atom is 0.279 e. The van der Waals surface area contributed by atoms with Gasteiger partial charge in [0, 0.05) is 23.7 Å². The molecule has 2 aromatic carbocycles. The zero-order valence-corrected chi connectivity index (χ0v) is 15.7. The quantitative estimate of drug-likeness (QED) is 0.836. The summed E-state index contributed by atoms with van der Waals surface area (Å²) in [6.07, 6.45) is 3.43. The molecule has 0 heterocycles. The number of hydrogen-bond acceptors (Lipinski definition) is 3. The first kappa shape index (κ1) is 18.3. The van der Waals surface area contributed by atoms with E-state index in [1.54, 1.807) is 26.4 Å². The Bertz CT molecular complexity index is 776. The molecule has 0 bridgehead atoms. The SMILES string of the molecule is COc1ccc(NC(=O)C[NH+](C)[C@H]2CCCc3ccccc32)cc1OC. The highest BCUT2D eigenvalue weighted by Gasteiger charge is 2.27. The molecule has 2 aromatic rings. The number of anilines is 1. The van der Waals surface area contributed by atoms with Crippen LogP contribution in [0.4, 0.5) is 5.69 Å². The number of fused-ring (bicyclic) bond motifs is 1. The highest BCUT2D eigenvalue weighted by molar-refractivity contribution is 5.91. The van der Waals surface area contributed by atoms with Crippen molar-refractivity contribution in [3.63, 3.8) is 0 Å². The molecule has 0 saturated carbocycles. The number of ether oxygens (including phenoxy) is 2. The molecule has 26 heavy (non-hydrogen) atoms. The molecular formula is C21H27N2O3+. The number of benzene rings is 2. The van der Waals surface area contributed by atoms with E-state index in [2.05, 4.69) is 36.6 Å². The van der Waals surface area contributed by atoms with Gasteiger partial charge in [0.05, 0.1) is 21.3 Å². The van der Waals surface area contributed by atoms with Crippen LogP contribution in [0.2, 0.25) is 0 Å². The Morgan fingerprint density at radius 2 is 1.92 bits per heavy atom. The molecule has 5 nitrogen and oxygen atoms in total. The Morgan fingerprint density at radius 1 is 1.15 bits per heavy atom. The number of nitrogens with one attached hydrogen (secondary N) is 2. The van der Waals surface area contributed by atoms with E-state index in [9.17, 15) is 4.79 Å². The molecule has 0 aromatic heterocycles. The molecule has 3 rings (SSSR count). The number of methoxy groups -OCH3 is 2. The van der Waals surface area contributed by atoms with E-state index in [1.807, 2.05) is 6.07 Å². The van der Waals surface area contributed by atoms with E-state index in [0.29, 0.717) is 29.8 Å². The standard InChI is InChI=1S/C21H26N2O3/c1-23(18-10-6-8-15-7-4-5-9-17(15)18)14-21(24)22-16-11-12-19(25-2)20(13-16)26-3/h4-5,7,9,11-13,18H,6,8,10,14H2,1-3H3,(H,22,24)/p+1/t18-/m0/s1. The van der Waals surface area contributed by atoms with Crippen LogP contribution in [0.25, 0.3) is 0 Å². The van der Waals surface area contributed by atoms with Gasteiger partial charge in [-0.1, -0.05) is 24.3 Å². The predicted molar refractivity (Wildman–Crippen MR) is 102 cm³/mol. The first-order valence-electron chi connectivity index (χ1n) is 9.04. The summed E-state index contributed by atoms with van der Waals surface area (Å²) in [5.41, 5.74) is 3.52. The van der Waals surface area contributed by atoms with Gasteiger partial charge in [0.1, 0.15) is 6.04 Å². The average molecular weight is 355 g/mol. The molecule has 1 aliphatic rings. The van der Waals surface area contributed by atoms with Crippen molar-refractivity contribution >= 4 is 11.6 Å². The monoisotopic (exact) mass is 355 g/mol. The molecule has 138 valence electrons. The Kier molecular flexibility index (Phi) is 5.78. The van der Waals surface area contributed by atoms with Crippen molar-refractivity contribution in [1.29, 1.82) is 0 Å². The fraction of sp³-hybridized carbons (Fsp3) is 0.381. The number of rotatable bonds is 6. The average Bonchev–Trinajstić information content (AvgIpc) is 2.67. The number of quaternary nitrogens is 1. The van der Waals surface area contributed by atoms with Crippen molar-refractivity contribution in [2.75, 3.05) is 33.1 Å². The van der Waals surface area contributed by atoms with Gasteiger partial charge in [-0.05, 0) is 30.5 Å². The highest BCUT2D eigenvalue weighted by Crippen LogP contribution is 2.30. The van der Waals surface area contributed by atoms with Gasteiger partial charge in [-0.15, -0.1) is 0 Å². The van der Waals surface area contributed by atoms with E-state index in [-0.39, 0.29) is 5.91 Å². The van der Waals surface area contributed by atoms with E-state index in [0.717, 1.165) is 12.8 Å². The summed E-state index contributed by atoms with van der Waals surface area (Å²) >= 11 is 0. The molecule has 0 saturated heterocycles. The van der Waals surface area contributed by atoms with Gasteiger partial charge in [0.2, 0.25) is 0 Å². The summed E-state index contributed by atoms with van der Waals surface area (Å²) in [6.45, 7) is 0.424. The summed E-state index contributed by atoms with van der Waals surface area (Å²) in [6, 6.07) is 14.4. The van der Waals surface area contributed by atoms with Crippen LogP contribution in [0.3, 0.4) is 0 Å². The van der Waals surface area contributed by atoms with Gasteiger partial charge in [-0.3, -0.25) is 4.79 Å². The van der Waals surface area contributed by atoms with Gasteiger partial charge in [0.25, 0.3) is 5.91 Å². The number of aryl methyl sites for hydroxylation is 1. The maximum absolute atomic E-state index is 12.5. The molecule has 1 unspecified atom stereocenters. The second-order valence-corrected chi connectivity index (χ2v) is 6.78. The lowest BCUT2D eigenvalue weighted by atomic mass is 9.87. The minimum atomic E-state index is -0.00206. The van der Waals surface area contributed by atoms with Crippen molar-refractivity contribution in [2.24, 2.45) is 0 Å². The van der Waals surface area contributed by atoms with Crippen LogP contribution in [-0.4, -0.2) is 33.7 Å². The number of hydrogen-bond donors (Lipinski definition) is 2. The maximum atomic E-state index is 12.5. The second kappa shape index (κ2) is 8.23. The topological polar surface area (TPSA) is 52.0 Å². The number of likely N-dealkylation sites (N-methyl/N-ethyl adjacent to an activating group) is 1. The van der Waals surface area contributed by atoms with E-state index >= 15 is 0 Å². The lowest BCUT2D eigenvalue weighted by molar-refractivity contribution is -0.905. The molecule has 1 aliphatic carbocycles. The number of carbonyl (C=O) groups is 1. The van der Waals surface area contributed by atoms with Crippen molar-refractivity contribution in [3.05, 3.63) is 53.6 Å². The molecule has 0 fully saturated rings. The number of amides is 1. The molecule has 0 aliphatic heterocycles. The zero-order valence-electron chi connectivity index (χ0n) is 15.7. The molecular weight excluding hydrogens is 328 g/mol. The molecule has 2 atom stereocenters. The Labute approximate surface area is 154 Å². The van der Waals surface area contributed by atoms with Crippen LogP contribution < -0.4 is 19.7 Å². The van der Waals surface area contributed by atoms with Gasteiger partial charge in [-0.2, -0.15) is 0 Å². The summed E-state index contributed by atoms with van der Waals surface area (Å²) in [4.78, 5) is 13.7. The van der Waals surface area contributed by atoms with Gasteiger partial charge >= 0.3 is 0 Å². The zero-order chi connectivity index (χ0) is 18.5. The van der Waals surface area contributed by atoms with Crippen LogP contribution in [0, 0.1) is 0 Å². The Hall–Kier alpha value is -2.53. The summed E-state index contributed by atoms with van der Waals surface area (Å²) in [7, 11) is 5.28. The van der Waals surface area contributed by atoms with Crippen LogP contribution in [0.15, 0.2) is 42.5 Å². The number of carbonyl (C=O) groups excluding carboxylic acids is 1. The molecule has 5 heteroatoms. The summed E-state index contributed by atoms with van der Waals surface area (Å²) in [5.74, 6) is 1.25.